The maximum atomic E-state index is 10.6. The first-order valence-corrected chi connectivity index (χ1v) is 3.81. The van der Waals surface area contributed by atoms with Crippen LogP contribution in [0.4, 0.5) is 0 Å². The average molecular weight is 187 g/mol. The van der Waals surface area contributed by atoms with E-state index in [4.69, 9.17) is 15.9 Å². The van der Waals surface area contributed by atoms with Gasteiger partial charge in [-0.25, -0.2) is 0 Å². The zero-order valence-electron chi connectivity index (χ0n) is 7.14. The molecule has 0 fully saturated rings. The molecule has 13 heavy (non-hydrogen) atoms. The van der Waals surface area contributed by atoms with E-state index >= 15 is 0 Å². The van der Waals surface area contributed by atoms with Crippen molar-refractivity contribution >= 4 is 11.9 Å². The Bertz CT molecular complexity index is 214. The highest BCUT2D eigenvalue weighted by Gasteiger charge is 2.22. The largest absolute Gasteiger partial charge is 0.481 e. The Morgan fingerprint density at radius 2 is 1.92 bits per heavy atom. The van der Waals surface area contributed by atoms with Crippen molar-refractivity contribution in [3.05, 3.63) is 12.7 Å². The second-order valence-electron chi connectivity index (χ2n) is 2.74. The van der Waals surface area contributed by atoms with Gasteiger partial charge in [0.15, 0.2) is 0 Å². The normalized spacial score (nSPS) is 14.5. The summed E-state index contributed by atoms with van der Waals surface area (Å²) in [5.41, 5.74) is 5.19. The van der Waals surface area contributed by atoms with Gasteiger partial charge in [-0.1, -0.05) is 6.08 Å². The number of carboxylic acids is 2. The molecule has 0 saturated carbocycles. The van der Waals surface area contributed by atoms with Crippen LogP contribution < -0.4 is 5.73 Å². The Morgan fingerprint density at radius 3 is 2.23 bits per heavy atom. The molecule has 0 spiro atoms. The molecule has 0 aromatic carbocycles. The first-order valence-electron chi connectivity index (χ1n) is 3.81. The lowest BCUT2D eigenvalue weighted by Gasteiger charge is -2.12. The zero-order valence-corrected chi connectivity index (χ0v) is 7.14. The average Bonchev–Trinajstić information content (AvgIpc) is 2.03. The summed E-state index contributed by atoms with van der Waals surface area (Å²) in [5, 5.41) is 17.1. The van der Waals surface area contributed by atoms with Crippen molar-refractivity contribution in [1.29, 1.82) is 0 Å². The van der Waals surface area contributed by atoms with Crippen LogP contribution in [0.5, 0.6) is 0 Å². The van der Waals surface area contributed by atoms with E-state index in [9.17, 15) is 9.59 Å². The molecule has 2 atom stereocenters. The second kappa shape index (κ2) is 5.31. The van der Waals surface area contributed by atoms with Gasteiger partial charge < -0.3 is 15.9 Å². The van der Waals surface area contributed by atoms with Crippen molar-refractivity contribution in [2.24, 2.45) is 11.7 Å². The summed E-state index contributed by atoms with van der Waals surface area (Å²) in [6, 6.07) is -1.12. The summed E-state index contributed by atoms with van der Waals surface area (Å²) in [6.45, 7) is 3.38. The van der Waals surface area contributed by atoms with Crippen LogP contribution in [-0.2, 0) is 9.59 Å². The summed E-state index contributed by atoms with van der Waals surface area (Å²) in [7, 11) is 0. The number of rotatable bonds is 6. The third-order valence-electron chi connectivity index (χ3n) is 1.66. The molecule has 0 saturated heterocycles. The van der Waals surface area contributed by atoms with Crippen molar-refractivity contribution in [2.45, 2.75) is 18.9 Å². The molecule has 0 rings (SSSR count). The molecule has 0 bridgehead atoms. The van der Waals surface area contributed by atoms with Crippen LogP contribution in [0.15, 0.2) is 12.7 Å². The molecule has 0 heterocycles. The lowest BCUT2D eigenvalue weighted by Crippen LogP contribution is -2.34. The molecule has 5 nitrogen and oxygen atoms in total. The number of hydrogen-bond acceptors (Lipinski definition) is 3. The molecule has 0 amide bonds. The summed E-state index contributed by atoms with van der Waals surface area (Å²) in [4.78, 5) is 20.9. The lowest BCUT2D eigenvalue weighted by molar-refractivity contribution is -0.143. The topological polar surface area (TPSA) is 101 Å². The minimum atomic E-state index is -1.18. The number of allylic oxidation sites excluding steroid dienone is 1. The van der Waals surface area contributed by atoms with E-state index in [1.165, 1.54) is 6.08 Å². The summed E-state index contributed by atoms with van der Waals surface area (Å²) in [6.07, 6.45) is 1.60. The van der Waals surface area contributed by atoms with Gasteiger partial charge in [0.2, 0.25) is 0 Å². The Labute approximate surface area is 75.9 Å². The molecule has 0 aliphatic carbocycles. The number of carbonyl (C=O) groups is 2. The minimum absolute atomic E-state index is 0.0727. The number of aliphatic carboxylic acids is 2. The van der Waals surface area contributed by atoms with Crippen LogP contribution in [-0.4, -0.2) is 28.2 Å². The smallest absolute Gasteiger partial charge is 0.320 e. The molecular weight excluding hydrogens is 174 g/mol. The standard InChI is InChI=1S/C8H13NO4/c1-2-3-5(7(10)11)4-6(9)8(12)13/h2,5-6H,1,3-4,9H2,(H,10,11)(H,12,13)/t5?,6-/m1/s1. The van der Waals surface area contributed by atoms with Crippen LogP contribution in [0.25, 0.3) is 0 Å². The Hall–Kier alpha value is -1.36. The van der Waals surface area contributed by atoms with Gasteiger partial charge in [0, 0.05) is 0 Å². The van der Waals surface area contributed by atoms with E-state index < -0.39 is 23.9 Å². The third kappa shape index (κ3) is 4.27. The monoisotopic (exact) mass is 187 g/mol. The van der Waals surface area contributed by atoms with E-state index in [2.05, 4.69) is 6.58 Å². The molecule has 4 N–H and O–H groups in total. The number of hydrogen-bond donors (Lipinski definition) is 3. The predicted molar refractivity (Wildman–Crippen MR) is 46.2 cm³/mol. The van der Waals surface area contributed by atoms with E-state index in [0.29, 0.717) is 0 Å². The maximum absolute atomic E-state index is 10.6. The third-order valence-corrected chi connectivity index (χ3v) is 1.66. The van der Waals surface area contributed by atoms with Crippen molar-refractivity contribution in [3.63, 3.8) is 0 Å². The summed E-state index contributed by atoms with van der Waals surface area (Å²) < 4.78 is 0. The predicted octanol–water partition coefficient (Wildman–Crippen LogP) is 0.0653. The SMILES string of the molecule is C=CCC(C[C@@H](N)C(=O)O)C(=O)O. The number of nitrogens with two attached hydrogens (primary N) is 1. The van der Waals surface area contributed by atoms with E-state index in [1.54, 1.807) is 0 Å². The molecule has 0 aromatic heterocycles. The van der Waals surface area contributed by atoms with Crippen molar-refractivity contribution < 1.29 is 19.8 Å². The molecule has 0 radical (unpaired) electrons. The summed E-state index contributed by atoms with van der Waals surface area (Å²) >= 11 is 0. The van der Waals surface area contributed by atoms with Crippen LogP contribution >= 0.6 is 0 Å². The van der Waals surface area contributed by atoms with E-state index in [1.807, 2.05) is 0 Å². The fourth-order valence-electron chi connectivity index (χ4n) is 0.906. The first kappa shape index (κ1) is 11.6. The van der Waals surface area contributed by atoms with Gasteiger partial charge in [0.25, 0.3) is 0 Å². The van der Waals surface area contributed by atoms with E-state index in [0.717, 1.165) is 0 Å². The van der Waals surface area contributed by atoms with Gasteiger partial charge in [-0.2, -0.15) is 0 Å². The summed E-state index contributed by atoms with van der Waals surface area (Å²) in [5.74, 6) is -2.99. The Kier molecular flexibility index (Phi) is 4.76. The Balaban J connectivity index is 4.16. The van der Waals surface area contributed by atoms with Gasteiger partial charge in [0.05, 0.1) is 5.92 Å². The quantitative estimate of drug-likeness (QED) is 0.510. The highest BCUT2D eigenvalue weighted by Crippen LogP contribution is 2.11. The maximum Gasteiger partial charge on any atom is 0.320 e. The Morgan fingerprint density at radius 1 is 1.38 bits per heavy atom. The second-order valence-corrected chi connectivity index (χ2v) is 2.74. The van der Waals surface area contributed by atoms with Gasteiger partial charge in [-0.15, -0.1) is 6.58 Å². The molecule has 1 unspecified atom stereocenters. The molecule has 74 valence electrons. The van der Waals surface area contributed by atoms with Gasteiger partial charge >= 0.3 is 11.9 Å². The molecule has 0 aromatic rings. The zero-order chi connectivity index (χ0) is 10.4. The van der Waals surface area contributed by atoms with Crippen molar-refractivity contribution in [2.75, 3.05) is 0 Å². The molecular formula is C8H13NO4. The highest BCUT2D eigenvalue weighted by molar-refractivity contribution is 5.75. The molecule has 0 aliphatic heterocycles. The van der Waals surface area contributed by atoms with Crippen molar-refractivity contribution in [3.8, 4) is 0 Å². The van der Waals surface area contributed by atoms with Crippen LogP contribution in [0.2, 0.25) is 0 Å². The highest BCUT2D eigenvalue weighted by atomic mass is 16.4. The van der Waals surface area contributed by atoms with E-state index in [-0.39, 0.29) is 12.8 Å². The molecule has 5 heteroatoms. The lowest BCUT2D eigenvalue weighted by atomic mass is 9.97. The van der Waals surface area contributed by atoms with Gasteiger partial charge in [-0.3, -0.25) is 9.59 Å². The minimum Gasteiger partial charge on any atom is -0.481 e. The van der Waals surface area contributed by atoms with Crippen molar-refractivity contribution in [1.82, 2.24) is 0 Å². The number of carboxylic acid groups (broad SMARTS) is 2. The fraction of sp³-hybridized carbons (Fsp3) is 0.500. The van der Waals surface area contributed by atoms with Crippen LogP contribution in [0.1, 0.15) is 12.8 Å². The molecule has 0 aliphatic rings. The van der Waals surface area contributed by atoms with Gasteiger partial charge in [-0.05, 0) is 12.8 Å². The van der Waals surface area contributed by atoms with Crippen LogP contribution in [0.3, 0.4) is 0 Å². The van der Waals surface area contributed by atoms with Crippen LogP contribution in [0, 0.1) is 5.92 Å². The fourth-order valence-corrected chi connectivity index (χ4v) is 0.906. The first-order chi connectivity index (χ1) is 5.99. The van der Waals surface area contributed by atoms with Gasteiger partial charge in [0.1, 0.15) is 6.04 Å².